The molecule has 2 saturated heterocycles. The predicted molar refractivity (Wildman–Crippen MR) is 116 cm³/mol. The van der Waals surface area contributed by atoms with Crippen molar-refractivity contribution in [3.8, 4) is 11.5 Å². The Bertz CT molecular complexity index is 906. The van der Waals surface area contributed by atoms with E-state index >= 15 is 0 Å². The standard InChI is InChI=1S/C22H29N5O3/c1-16-15-19(25-9-4-5-10-25)24-22(23-16)27-13-11-26(12-14-27)21(28)17-7-6-8-18(29-2)20(17)30-3/h6-8,15H,4-5,9-14H2,1-3H3. The third-order valence-electron chi connectivity index (χ3n) is 5.74. The molecule has 0 radical (unpaired) electrons. The van der Waals surface area contributed by atoms with Crippen LogP contribution in [-0.2, 0) is 0 Å². The van der Waals surface area contributed by atoms with E-state index < -0.39 is 0 Å². The molecule has 1 aromatic heterocycles. The number of rotatable bonds is 5. The van der Waals surface area contributed by atoms with Crippen LogP contribution < -0.4 is 19.3 Å². The van der Waals surface area contributed by atoms with E-state index in [-0.39, 0.29) is 5.91 Å². The van der Waals surface area contributed by atoms with Crippen LogP contribution in [0, 0.1) is 6.92 Å². The maximum absolute atomic E-state index is 13.1. The number of aromatic nitrogens is 2. The normalized spacial score (nSPS) is 16.7. The van der Waals surface area contributed by atoms with Crippen LogP contribution in [0.15, 0.2) is 24.3 Å². The van der Waals surface area contributed by atoms with Crippen LogP contribution in [0.2, 0.25) is 0 Å². The summed E-state index contributed by atoms with van der Waals surface area (Å²) >= 11 is 0. The summed E-state index contributed by atoms with van der Waals surface area (Å²) in [7, 11) is 3.13. The fourth-order valence-corrected chi connectivity index (χ4v) is 4.12. The molecule has 0 saturated carbocycles. The maximum atomic E-state index is 13.1. The fraction of sp³-hybridized carbons (Fsp3) is 0.500. The molecule has 30 heavy (non-hydrogen) atoms. The lowest BCUT2D eigenvalue weighted by Gasteiger charge is -2.35. The van der Waals surface area contributed by atoms with Crippen LogP contribution in [0.4, 0.5) is 11.8 Å². The summed E-state index contributed by atoms with van der Waals surface area (Å²) in [5.41, 5.74) is 1.50. The molecular formula is C22H29N5O3. The van der Waals surface area contributed by atoms with E-state index in [4.69, 9.17) is 14.5 Å². The number of ether oxygens (including phenoxy) is 2. The first-order chi connectivity index (χ1) is 14.6. The van der Waals surface area contributed by atoms with Crippen molar-refractivity contribution in [3.05, 3.63) is 35.5 Å². The third-order valence-corrected chi connectivity index (χ3v) is 5.74. The van der Waals surface area contributed by atoms with Gasteiger partial charge in [0.15, 0.2) is 11.5 Å². The lowest BCUT2D eigenvalue weighted by molar-refractivity contribution is 0.0742. The molecule has 8 nitrogen and oxygen atoms in total. The monoisotopic (exact) mass is 411 g/mol. The quantitative estimate of drug-likeness (QED) is 0.748. The van der Waals surface area contributed by atoms with Crippen molar-refractivity contribution in [1.29, 1.82) is 0 Å². The molecule has 0 spiro atoms. The van der Waals surface area contributed by atoms with Crippen molar-refractivity contribution in [2.45, 2.75) is 19.8 Å². The number of carbonyl (C=O) groups excluding carboxylic acids is 1. The van der Waals surface area contributed by atoms with Crippen molar-refractivity contribution >= 4 is 17.7 Å². The second-order valence-corrected chi connectivity index (χ2v) is 7.68. The summed E-state index contributed by atoms with van der Waals surface area (Å²) in [6.45, 7) is 6.73. The van der Waals surface area contributed by atoms with Crippen LogP contribution in [0.25, 0.3) is 0 Å². The molecule has 4 rings (SSSR count). The molecule has 1 amide bonds. The molecule has 2 aliphatic heterocycles. The average molecular weight is 412 g/mol. The Labute approximate surface area is 177 Å². The second kappa shape index (κ2) is 8.77. The number of piperazine rings is 1. The SMILES string of the molecule is COc1cccc(C(=O)N2CCN(c3nc(C)cc(N4CCCC4)n3)CC2)c1OC. The number of methoxy groups -OCH3 is 2. The van der Waals surface area contributed by atoms with E-state index in [0.717, 1.165) is 30.5 Å². The summed E-state index contributed by atoms with van der Waals surface area (Å²) in [5.74, 6) is 2.75. The molecule has 8 heteroatoms. The summed E-state index contributed by atoms with van der Waals surface area (Å²) in [6, 6.07) is 7.44. The molecule has 1 aromatic carbocycles. The molecule has 2 aliphatic rings. The number of benzene rings is 1. The maximum Gasteiger partial charge on any atom is 0.257 e. The zero-order valence-electron chi connectivity index (χ0n) is 17.9. The largest absolute Gasteiger partial charge is 0.493 e. The van der Waals surface area contributed by atoms with Crippen LogP contribution in [0.3, 0.4) is 0 Å². The Hall–Kier alpha value is -3.03. The fourth-order valence-electron chi connectivity index (χ4n) is 4.12. The Kier molecular flexibility index (Phi) is 5.92. The zero-order chi connectivity index (χ0) is 21.1. The number of anilines is 2. The van der Waals surface area contributed by atoms with Crippen LogP contribution in [-0.4, -0.2) is 74.3 Å². The van der Waals surface area contributed by atoms with Gasteiger partial charge in [0.05, 0.1) is 19.8 Å². The molecule has 2 aromatic rings. The first kappa shape index (κ1) is 20.3. The van der Waals surface area contributed by atoms with Gasteiger partial charge in [-0.25, -0.2) is 4.98 Å². The zero-order valence-corrected chi connectivity index (χ0v) is 17.9. The van der Waals surface area contributed by atoms with Crippen molar-refractivity contribution in [1.82, 2.24) is 14.9 Å². The van der Waals surface area contributed by atoms with Crippen LogP contribution >= 0.6 is 0 Å². The van der Waals surface area contributed by atoms with E-state index in [1.165, 1.54) is 12.8 Å². The van der Waals surface area contributed by atoms with Gasteiger partial charge in [0, 0.05) is 51.0 Å². The van der Waals surface area contributed by atoms with Gasteiger partial charge in [-0.2, -0.15) is 4.98 Å². The first-order valence-corrected chi connectivity index (χ1v) is 10.5. The summed E-state index contributed by atoms with van der Waals surface area (Å²) < 4.78 is 10.8. The van der Waals surface area contributed by atoms with Gasteiger partial charge < -0.3 is 24.2 Å². The molecule has 3 heterocycles. The number of hydrogen-bond acceptors (Lipinski definition) is 7. The minimum absolute atomic E-state index is 0.0479. The van der Waals surface area contributed by atoms with Gasteiger partial charge in [-0.3, -0.25) is 4.79 Å². The predicted octanol–water partition coefficient (Wildman–Crippen LogP) is 2.36. The lowest BCUT2D eigenvalue weighted by atomic mass is 10.1. The van der Waals surface area contributed by atoms with E-state index in [2.05, 4.69) is 20.9 Å². The first-order valence-electron chi connectivity index (χ1n) is 10.5. The van der Waals surface area contributed by atoms with E-state index in [0.29, 0.717) is 43.2 Å². The van der Waals surface area contributed by atoms with Gasteiger partial charge in [-0.15, -0.1) is 0 Å². The summed E-state index contributed by atoms with van der Waals surface area (Å²) in [4.78, 5) is 28.9. The Morgan fingerprint density at radius 3 is 2.33 bits per heavy atom. The number of carbonyl (C=O) groups is 1. The average Bonchev–Trinajstić information content (AvgIpc) is 3.33. The molecular weight excluding hydrogens is 382 g/mol. The highest BCUT2D eigenvalue weighted by atomic mass is 16.5. The lowest BCUT2D eigenvalue weighted by Crippen LogP contribution is -2.49. The Morgan fingerprint density at radius 2 is 1.67 bits per heavy atom. The molecule has 0 atom stereocenters. The van der Waals surface area contributed by atoms with Gasteiger partial charge in [0.1, 0.15) is 5.82 Å². The highest BCUT2D eigenvalue weighted by Gasteiger charge is 2.27. The number of nitrogens with zero attached hydrogens (tertiary/aromatic N) is 5. The molecule has 0 unspecified atom stereocenters. The van der Waals surface area contributed by atoms with Gasteiger partial charge in [0.25, 0.3) is 5.91 Å². The molecule has 0 N–H and O–H groups in total. The van der Waals surface area contributed by atoms with E-state index in [1.807, 2.05) is 17.9 Å². The van der Waals surface area contributed by atoms with Crippen molar-refractivity contribution < 1.29 is 14.3 Å². The summed E-state index contributed by atoms with van der Waals surface area (Å²) in [5, 5.41) is 0. The van der Waals surface area contributed by atoms with Crippen LogP contribution in [0.5, 0.6) is 11.5 Å². The topological polar surface area (TPSA) is 71.0 Å². The van der Waals surface area contributed by atoms with Crippen molar-refractivity contribution in [2.24, 2.45) is 0 Å². The molecule has 160 valence electrons. The van der Waals surface area contributed by atoms with Crippen molar-refractivity contribution in [2.75, 3.05) is 63.3 Å². The van der Waals surface area contributed by atoms with Gasteiger partial charge in [-0.05, 0) is 31.9 Å². The minimum atomic E-state index is -0.0479. The molecule has 0 bridgehead atoms. The highest BCUT2D eigenvalue weighted by Crippen LogP contribution is 2.32. The smallest absolute Gasteiger partial charge is 0.257 e. The van der Waals surface area contributed by atoms with Gasteiger partial charge in [0.2, 0.25) is 5.95 Å². The Morgan fingerprint density at radius 1 is 0.933 bits per heavy atom. The van der Waals surface area contributed by atoms with E-state index in [9.17, 15) is 4.79 Å². The molecule has 0 aliphatic carbocycles. The minimum Gasteiger partial charge on any atom is -0.493 e. The number of hydrogen-bond donors (Lipinski definition) is 0. The number of para-hydroxylation sites is 1. The van der Waals surface area contributed by atoms with E-state index in [1.54, 1.807) is 26.4 Å². The summed E-state index contributed by atoms with van der Waals surface area (Å²) in [6.07, 6.45) is 2.43. The molecule has 2 fully saturated rings. The third kappa shape index (κ3) is 3.99. The van der Waals surface area contributed by atoms with Gasteiger partial charge >= 0.3 is 0 Å². The van der Waals surface area contributed by atoms with Gasteiger partial charge in [-0.1, -0.05) is 6.07 Å². The van der Waals surface area contributed by atoms with Crippen molar-refractivity contribution in [3.63, 3.8) is 0 Å². The second-order valence-electron chi connectivity index (χ2n) is 7.68. The van der Waals surface area contributed by atoms with Crippen LogP contribution in [0.1, 0.15) is 28.9 Å². The number of amides is 1. The Balaban J connectivity index is 1.46. The highest BCUT2D eigenvalue weighted by molar-refractivity contribution is 5.98. The number of aryl methyl sites for hydroxylation is 1.